The summed E-state index contributed by atoms with van der Waals surface area (Å²) in [5, 5.41) is 3.27. The summed E-state index contributed by atoms with van der Waals surface area (Å²) in [6.07, 6.45) is 0.933. The number of piperazine rings is 1. The summed E-state index contributed by atoms with van der Waals surface area (Å²) in [6, 6.07) is 8.03. The Labute approximate surface area is 168 Å². The molecule has 1 aromatic carbocycles. The molecule has 1 aromatic rings. The van der Waals surface area contributed by atoms with Crippen molar-refractivity contribution in [3.63, 3.8) is 0 Å². The second-order valence-corrected chi connectivity index (χ2v) is 6.47. The van der Waals surface area contributed by atoms with E-state index in [9.17, 15) is 4.79 Å². The van der Waals surface area contributed by atoms with Crippen LogP contribution >= 0.6 is 24.8 Å². The number of benzene rings is 1. The smallest absolute Gasteiger partial charge is 0.239 e. The van der Waals surface area contributed by atoms with Crippen molar-refractivity contribution in [2.75, 3.05) is 46.9 Å². The Kier molecular flexibility index (Phi) is 9.68. The number of amides is 1. The second-order valence-electron chi connectivity index (χ2n) is 6.47. The van der Waals surface area contributed by atoms with Gasteiger partial charge in [0.15, 0.2) is 0 Å². The third-order valence-electron chi connectivity index (χ3n) is 4.99. The van der Waals surface area contributed by atoms with E-state index < -0.39 is 0 Å². The van der Waals surface area contributed by atoms with Crippen LogP contribution in [-0.2, 0) is 16.1 Å². The first-order valence-electron chi connectivity index (χ1n) is 8.60. The fourth-order valence-corrected chi connectivity index (χ4v) is 3.49. The minimum absolute atomic E-state index is 0. The van der Waals surface area contributed by atoms with Crippen LogP contribution in [0.25, 0.3) is 0 Å². The lowest BCUT2D eigenvalue weighted by molar-refractivity contribution is -0.135. The van der Waals surface area contributed by atoms with Crippen molar-refractivity contribution >= 4 is 30.7 Å². The summed E-state index contributed by atoms with van der Waals surface area (Å²) in [7, 11) is 3.41. The molecule has 1 N–H and O–H groups in total. The normalized spacial score (nSPS) is 23.1. The van der Waals surface area contributed by atoms with Crippen LogP contribution in [0.1, 0.15) is 12.0 Å². The Hall–Kier alpha value is -1.05. The molecule has 0 saturated carbocycles. The minimum Gasteiger partial charge on any atom is -0.496 e. The van der Waals surface area contributed by atoms with Crippen molar-refractivity contribution in [2.45, 2.75) is 25.1 Å². The maximum Gasteiger partial charge on any atom is 0.239 e. The van der Waals surface area contributed by atoms with Crippen molar-refractivity contribution in [1.29, 1.82) is 0 Å². The van der Waals surface area contributed by atoms with Crippen LogP contribution < -0.4 is 10.1 Å². The quantitative estimate of drug-likeness (QED) is 0.805. The van der Waals surface area contributed by atoms with Crippen molar-refractivity contribution < 1.29 is 14.3 Å². The molecule has 3 rings (SSSR count). The van der Waals surface area contributed by atoms with E-state index in [0.29, 0.717) is 0 Å². The van der Waals surface area contributed by atoms with Gasteiger partial charge in [0.1, 0.15) is 5.75 Å². The first kappa shape index (κ1) is 23.0. The van der Waals surface area contributed by atoms with Crippen LogP contribution in [0.5, 0.6) is 5.75 Å². The van der Waals surface area contributed by atoms with E-state index in [-0.39, 0.29) is 42.9 Å². The molecule has 26 heavy (non-hydrogen) atoms. The molecule has 2 aliphatic rings. The van der Waals surface area contributed by atoms with Crippen molar-refractivity contribution in [3.05, 3.63) is 29.8 Å². The number of nitrogens with one attached hydrogen (secondary N) is 1. The van der Waals surface area contributed by atoms with Gasteiger partial charge in [-0.2, -0.15) is 0 Å². The van der Waals surface area contributed by atoms with Crippen LogP contribution in [-0.4, -0.2) is 74.8 Å². The van der Waals surface area contributed by atoms with E-state index in [0.717, 1.165) is 51.4 Å². The highest BCUT2D eigenvalue weighted by atomic mass is 35.5. The molecule has 0 radical (unpaired) electrons. The predicted octanol–water partition coefficient (Wildman–Crippen LogP) is 1.56. The number of ether oxygens (including phenoxy) is 2. The number of hydrogen-bond donors (Lipinski definition) is 1. The van der Waals surface area contributed by atoms with Gasteiger partial charge in [0.05, 0.1) is 19.3 Å². The molecule has 2 aliphatic heterocycles. The molecule has 0 unspecified atom stereocenters. The first-order valence-corrected chi connectivity index (χ1v) is 8.60. The first-order chi connectivity index (χ1) is 11.7. The largest absolute Gasteiger partial charge is 0.496 e. The predicted molar refractivity (Wildman–Crippen MR) is 107 cm³/mol. The van der Waals surface area contributed by atoms with Gasteiger partial charge < -0.3 is 19.7 Å². The fourth-order valence-electron chi connectivity index (χ4n) is 3.49. The Morgan fingerprint density at radius 3 is 2.46 bits per heavy atom. The van der Waals surface area contributed by atoms with E-state index >= 15 is 0 Å². The molecule has 0 bridgehead atoms. The maximum absolute atomic E-state index is 12.6. The number of methoxy groups -OCH3 is 2. The number of hydrogen-bond acceptors (Lipinski definition) is 5. The molecule has 0 aromatic heterocycles. The fraction of sp³-hybridized carbons (Fsp3) is 0.611. The number of para-hydroxylation sites is 1. The molecule has 2 fully saturated rings. The molecular weight excluding hydrogens is 377 g/mol. The Bertz CT molecular complexity index is 568. The molecular formula is C18H29Cl2N3O3. The SMILES string of the molecule is COc1ccccc1CN1CCN(C(=O)[C@@H]2C[C@H](OC)CN2)CC1.Cl.Cl. The van der Waals surface area contributed by atoms with E-state index in [1.54, 1.807) is 14.2 Å². The molecule has 8 heteroatoms. The molecule has 1 amide bonds. The van der Waals surface area contributed by atoms with E-state index in [2.05, 4.69) is 16.3 Å². The molecule has 2 heterocycles. The summed E-state index contributed by atoms with van der Waals surface area (Å²) in [6.45, 7) is 4.97. The highest BCUT2D eigenvalue weighted by Crippen LogP contribution is 2.20. The zero-order chi connectivity index (χ0) is 16.9. The van der Waals surface area contributed by atoms with Gasteiger partial charge in [0.2, 0.25) is 5.91 Å². The summed E-state index contributed by atoms with van der Waals surface area (Å²) in [5.74, 6) is 1.14. The highest BCUT2D eigenvalue weighted by Gasteiger charge is 2.33. The van der Waals surface area contributed by atoms with E-state index in [4.69, 9.17) is 9.47 Å². The Morgan fingerprint density at radius 2 is 1.85 bits per heavy atom. The third-order valence-corrected chi connectivity index (χ3v) is 4.99. The van der Waals surface area contributed by atoms with Gasteiger partial charge in [-0.3, -0.25) is 9.69 Å². The molecule has 148 valence electrons. The maximum atomic E-state index is 12.6. The van der Waals surface area contributed by atoms with Gasteiger partial charge in [0, 0.05) is 51.9 Å². The number of carbonyl (C=O) groups excluding carboxylic acids is 1. The van der Waals surface area contributed by atoms with Crippen molar-refractivity contribution in [2.24, 2.45) is 0 Å². The minimum atomic E-state index is -0.0873. The van der Waals surface area contributed by atoms with Gasteiger partial charge in [-0.25, -0.2) is 0 Å². The van der Waals surface area contributed by atoms with Gasteiger partial charge in [0.25, 0.3) is 0 Å². The average molecular weight is 406 g/mol. The lowest BCUT2D eigenvalue weighted by atomic mass is 10.1. The monoisotopic (exact) mass is 405 g/mol. The van der Waals surface area contributed by atoms with Crippen LogP contribution in [0.3, 0.4) is 0 Å². The topological polar surface area (TPSA) is 54.0 Å². The van der Waals surface area contributed by atoms with Crippen molar-refractivity contribution in [1.82, 2.24) is 15.1 Å². The summed E-state index contributed by atoms with van der Waals surface area (Å²) >= 11 is 0. The number of halogens is 2. The van der Waals surface area contributed by atoms with Gasteiger partial charge in [-0.05, 0) is 12.5 Å². The lowest BCUT2D eigenvalue weighted by Crippen LogP contribution is -2.52. The van der Waals surface area contributed by atoms with Gasteiger partial charge >= 0.3 is 0 Å². The third kappa shape index (κ3) is 5.47. The number of carbonyl (C=O) groups is 1. The standard InChI is InChI=1S/C18H27N3O3.2ClH/c1-23-15-11-16(19-12-15)18(22)21-9-7-20(8-10-21)13-14-5-3-4-6-17(14)24-2;;/h3-6,15-16,19H,7-13H2,1-2H3;2*1H/t15-,16-;;/m0../s1. The lowest BCUT2D eigenvalue weighted by Gasteiger charge is -2.36. The van der Waals surface area contributed by atoms with Crippen LogP contribution in [0, 0.1) is 0 Å². The zero-order valence-corrected chi connectivity index (χ0v) is 17.0. The van der Waals surface area contributed by atoms with Gasteiger partial charge in [-0.15, -0.1) is 24.8 Å². The zero-order valence-electron chi connectivity index (χ0n) is 15.3. The molecule has 0 aliphatic carbocycles. The van der Waals surface area contributed by atoms with Crippen LogP contribution in [0.4, 0.5) is 0 Å². The summed E-state index contributed by atoms with van der Waals surface area (Å²) < 4.78 is 10.8. The van der Waals surface area contributed by atoms with Gasteiger partial charge in [-0.1, -0.05) is 18.2 Å². The average Bonchev–Trinajstić information content (AvgIpc) is 3.11. The molecule has 2 atom stereocenters. The number of nitrogens with zero attached hydrogens (tertiary/aromatic N) is 2. The molecule has 6 nitrogen and oxygen atoms in total. The highest BCUT2D eigenvalue weighted by molar-refractivity contribution is 5.85. The Balaban J connectivity index is 0.00000169. The second kappa shape index (κ2) is 10.9. The van der Waals surface area contributed by atoms with Crippen molar-refractivity contribution in [3.8, 4) is 5.75 Å². The number of rotatable bonds is 5. The van der Waals surface area contributed by atoms with Crippen LogP contribution in [0.15, 0.2) is 24.3 Å². The van der Waals surface area contributed by atoms with E-state index in [1.807, 2.05) is 23.1 Å². The molecule has 2 saturated heterocycles. The molecule has 0 spiro atoms. The summed E-state index contributed by atoms with van der Waals surface area (Å²) in [4.78, 5) is 17.0. The van der Waals surface area contributed by atoms with Crippen LogP contribution in [0.2, 0.25) is 0 Å². The van der Waals surface area contributed by atoms with E-state index in [1.165, 1.54) is 5.56 Å². The Morgan fingerprint density at radius 1 is 1.15 bits per heavy atom. The summed E-state index contributed by atoms with van der Waals surface area (Å²) in [5.41, 5.74) is 1.19.